The summed E-state index contributed by atoms with van der Waals surface area (Å²) in [5.41, 5.74) is 1.40. The number of amides is 1. The van der Waals surface area contributed by atoms with Crippen molar-refractivity contribution < 1.29 is 4.79 Å². The summed E-state index contributed by atoms with van der Waals surface area (Å²) >= 11 is 4.78. The molecule has 1 fully saturated rings. The third kappa shape index (κ3) is 1.55. The van der Waals surface area contributed by atoms with Gasteiger partial charge in [-0.2, -0.15) is 0 Å². The summed E-state index contributed by atoms with van der Waals surface area (Å²) in [6.45, 7) is 1.86. The standard InChI is InChI=1S/C7H11N3OS/c1-4(10(2)3)5-6(11)9-7(12)8-5/h1-3H3,(H2,8,9,11,12)/b5-4-. The third-order valence-electron chi connectivity index (χ3n) is 1.73. The smallest absolute Gasteiger partial charge is 0.275 e. The van der Waals surface area contributed by atoms with Crippen molar-refractivity contribution in [3.05, 3.63) is 11.4 Å². The SMILES string of the molecule is C/C(=C1/NC(=S)NC1=O)N(C)C. The molecule has 5 heteroatoms. The quantitative estimate of drug-likeness (QED) is 0.438. The lowest BCUT2D eigenvalue weighted by Crippen LogP contribution is -2.21. The Labute approximate surface area is 76.6 Å². The van der Waals surface area contributed by atoms with E-state index in [1.807, 2.05) is 25.9 Å². The minimum Gasteiger partial charge on any atom is -0.379 e. The summed E-state index contributed by atoms with van der Waals surface area (Å²) in [5.74, 6) is -0.161. The number of hydrogen-bond donors (Lipinski definition) is 2. The molecule has 0 atom stereocenters. The summed E-state index contributed by atoms with van der Waals surface area (Å²) in [7, 11) is 3.75. The number of nitrogens with zero attached hydrogens (tertiary/aromatic N) is 1. The third-order valence-corrected chi connectivity index (χ3v) is 1.93. The van der Waals surface area contributed by atoms with Crippen LogP contribution in [0.5, 0.6) is 0 Å². The zero-order valence-electron chi connectivity index (χ0n) is 7.26. The maximum Gasteiger partial charge on any atom is 0.275 e. The molecule has 2 N–H and O–H groups in total. The van der Waals surface area contributed by atoms with Gasteiger partial charge in [-0.25, -0.2) is 0 Å². The lowest BCUT2D eigenvalue weighted by atomic mass is 10.3. The molecule has 0 aromatic carbocycles. The molecule has 66 valence electrons. The Morgan fingerprint density at radius 2 is 2.00 bits per heavy atom. The van der Waals surface area contributed by atoms with Gasteiger partial charge in [-0.15, -0.1) is 0 Å². The second-order valence-corrected chi connectivity index (χ2v) is 3.17. The van der Waals surface area contributed by atoms with Crippen molar-refractivity contribution in [2.24, 2.45) is 0 Å². The van der Waals surface area contributed by atoms with E-state index < -0.39 is 0 Å². The van der Waals surface area contributed by atoms with E-state index in [9.17, 15) is 4.79 Å². The molecule has 0 saturated carbocycles. The molecule has 0 spiro atoms. The fraction of sp³-hybridized carbons (Fsp3) is 0.429. The maximum atomic E-state index is 11.2. The summed E-state index contributed by atoms with van der Waals surface area (Å²) in [4.78, 5) is 13.0. The Bertz CT molecular complexity index is 270. The van der Waals surface area contributed by atoms with Gasteiger partial charge in [-0.3, -0.25) is 10.1 Å². The predicted octanol–water partition coefficient (Wildman–Crippen LogP) is -0.216. The van der Waals surface area contributed by atoms with Crippen LogP contribution in [0.1, 0.15) is 6.92 Å². The normalized spacial score (nSPS) is 20.2. The van der Waals surface area contributed by atoms with Crippen molar-refractivity contribution in [2.75, 3.05) is 14.1 Å². The van der Waals surface area contributed by atoms with E-state index in [2.05, 4.69) is 10.6 Å². The Balaban J connectivity index is 2.95. The second-order valence-electron chi connectivity index (χ2n) is 2.76. The number of allylic oxidation sites excluding steroid dienone is 1. The number of nitrogens with one attached hydrogen (secondary N) is 2. The highest BCUT2D eigenvalue weighted by Crippen LogP contribution is 2.07. The molecule has 0 aliphatic carbocycles. The van der Waals surface area contributed by atoms with Crippen LogP contribution in [-0.2, 0) is 4.79 Å². The summed E-state index contributed by atoms with van der Waals surface area (Å²) in [5, 5.41) is 5.66. The minimum absolute atomic E-state index is 0.161. The van der Waals surface area contributed by atoms with Crippen LogP contribution in [0.2, 0.25) is 0 Å². The molecule has 0 radical (unpaired) electrons. The zero-order valence-corrected chi connectivity index (χ0v) is 8.08. The van der Waals surface area contributed by atoms with Gasteiger partial charge in [-0.1, -0.05) is 0 Å². The molecule has 1 aliphatic heterocycles. The largest absolute Gasteiger partial charge is 0.379 e. The Kier molecular flexibility index (Phi) is 2.32. The monoisotopic (exact) mass is 185 g/mol. The van der Waals surface area contributed by atoms with Crippen molar-refractivity contribution >= 4 is 23.2 Å². The van der Waals surface area contributed by atoms with Gasteiger partial charge in [0.1, 0.15) is 5.70 Å². The van der Waals surface area contributed by atoms with Crippen molar-refractivity contribution in [2.45, 2.75) is 6.92 Å². The number of carbonyl (C=O) groups is 1. The molecule has 1 aliphatic rings. The summed E-state index contributed by atoms with van der Waals surface area (Å²) in [6, 6.07) is 0. The first-order valence-corrected chi connectivity index (χ1v) is 3.93. The second kappa shape index (κ2) is 3.10. The molecule has 1 heterocycles. The molecule has 0 aromatic rings. The Hall–Kier alpha value is -1.10. The van der Waals surface area contributed by atoms with Gasteiger partial charge >= 0.3 is 0 Å². The van der Waals surface area contributed by atoms with E-state index in [1.165, 1.54) is 0 Å². The van der Waals surface area contributed by atoms with Gasteiger partial charge in [0.05, 0.1) is 0 Å². The van der Waals surface area contributed by atoms with Crippen LogP contribution in [0, 0.1) is 0 Å². The number of rotatable bonds is 1. The van der Waals surface area contributed by atoms with Crippen LogP contribution < -0.4 is 10.6 Å². The lowest BCUT2D eigenvalue weighted by molar-refractivity contribution is -0.115. The molecule has 4 nitrogen and oxygen atoms in total. The average Bonchev–Trinajstić information content (AvgIpc) is 2.28. The van der Waals surface area contributed by atoms with E-state index in [0.717, 1.165) is 5.70 Å². The number of thiocarbonyl (C=S) groups is 1. The van der Waals surface area contributed by atoms with Gasteiger partial charge in [0.15, 0.2) is 5.11 Å². The summed E-state index contributed by atoms with van der Waals surface area (Å²) < 4.78 is 0. The first kappa shape index (κ1) is 8.99. The first-order valence-electron chi connectivity index (χ1n) is 3.53. The van der Waals surface area contributed by atoms with Crippen LogP contribution in [-0.4, -0.2) is 30.0 Å². The van der Waals surface area contributed by atoms with E-state index in [0.29, 0.717) is 10.8 Å². The molecular formula is C7H11N3OS. The molecular weight excluding hydrogens is 174 g/mol. The molecule has 12 heavy (non-hydrogen) atoms. The van der Waals surface area contributed by atoms with Gasteiger partial charge < -0.3 is 10.2 Å². The van der Waals surface area contributed by atoms with Crippen molar-refractivity contribution in [3.63, 3.8) is 0 Å². The first-order chi connectivity index (χ1) is 5.52. The molecule has 1 rings (SSSR count). The highest BCUT2D eigenvalue weighted by atomic mass is 32.1. The highest BCUT2D eigenvalue weighted by molar-refractivity contribution is 7.80. The molecule has 0 bridgehead atoms. The zero-order chi connectivity index (χ0) is 9.30. The Morgan fingerprint density at radius 1 is 1.42 bits per heavy atom. The van der Waals surface area contributed by atoms with Gasteiger partial charge in [0, 0.05) is 19.8 Å². The Morgan fingerprint density at radius 3 is 2.33 bits per heavy atom. The van der Waals surface area contributed by atoms with Crippen LogP contribution in [0.25, 0.3) is 0 Å². The van der Waals surface area contributed by atoms with Crippen LogP contribution in [0.15, 0.2) is 11.4 Å². The van der Waals surface area contributed by atoms with E-state index in [4.69, 9.17) is 12.2 Å². The fourth-order valence-corrected chi connectivity index (χ4v) is 1.04. The van der Waals surface area contributed by atoms with E-state index in [1.54, 1.807) is 0 Å². The maximum absolute atomic E-state index is 11.2. The topological polar surface area (TPSA) is 44.4 Å². The molecule has 1 saturated heterocycles. The van der Waals surface area contributed by atoms with E-state index in [-0.39, 0.29) is 5.91 Å². The van der Waals surface area contributed by atoms with Gasteiger partial charge in [0.2, 0.25) is 0 Å². The van der Waals surface area contributed by atoms with Gasteiger partial charge in [-0.05, 0) is 19.1 Å². The molecule has 0 aromatic heterocycles. The van der Waals surface area contributed by atoms with Crippen molar-refractivity contribution in [1.82, 2.24) is 15.5 Å². The summed E-state index contributed by atoms with van der Waals surface area (Å²) in [6.07, 6.45) is 0. The van der Waals surface area contributed by atoms with Crippen molar-refractivity contribution in [1.29, 1.82) is 0 Å². The van der Waals surface area contributed by atoms with E-state index >= 15 is 0 Å². The fourth-order valence-electron chi connectivity index (χ4n) is 0.846. The van der Waals surface area contributed by atoms with Gasteiger partial charge in [0.25, 0.3) is 5.91 Å². The minimum atomic E-state index is -0.161. The molecule has 0 unspecified atom stereocenters. The molecule has 1 amide bonds. The van der Waals surface area contributed by atoms with Crippen LogP contribution in [0.4, 0.5) is 0 Å². The average molecular weight is 185 g/mol. The number of hydrogen-bond acceptors (Lipinski definition) is 3. The van der Waals surface area contributed by atoms with Crippen molar-refractivity contribution in [3.8, 4) is 0 Å². The number of carbonyl (C=O) groups excluding carboxylic acids is 1. The lowest BCUT2D eigenvalue weighted by Gasteiger charge is -2.13. The predicted molar refractivity (Wildman–Crippen MR) is 50.3 cm³/mol. The highest BCUT2D eigenvalue weighted by Gasteiger charge is 2.22. The van der Waals surface area contributed by atoms with Crippen LogP contribution >= 0.6 is 12.2 Å². The van der Waals surface area contributed by atoms with Crippen LogP contribution in [0.3, 0.4) is 0 Å².